The van der Waals surface area contributed by atoms with Crippen molar-refractivity contribution in [2.45, 2.75) is 10.9 Å². The molecule has 1 unspecified atom stereocenters. The van der Waals surface area contributed by atoms with E-state index in [9.17, 15) is 17.9 Å². The van der Waals surface area contributed by atoms with E-state index in [1.807, 2.05) is 0 Å². The molecule has 2 aromatic rings. The lowest BCUT2D eigenvalue weighted by atomic mass is 10.1. The molecule has 0 spiro atoms. The van der Waals surface area contributed by atoms with Crippen LogP contribution in [-0.2, 0) is 10.0 Å². The molecular weight excluding hydrogens is 295 g/mol. The highest BCUT2D eigenvalue weighted by molar-refractivity contribution is 7.89. The first kappa shape index (κ1) is 15.4. The van der Waals surface area contributed by atoms with Crippen LogP contribution >= 0.6 is 0 Å². The quantitative estimate of drug-likeness (QED) is 0.728. The monoisotopic (exact) mass is 310 g/mol. The fourth-order valence-electron chi connectivity index (χ4n) is 1.89. The number of hydrogen-bond acceptors (Lipinski definition) is 4. The average molecular weight is 310 g/mol. The van der Waals surface area contributed by atoms with E-state index in [1.54, 1.807) is 30.3 Å². The number of benzene rings is 2. The molecule has 0 saturated heterocycles. The van der Waals surface area contributed by atoms with Gasteiger partial charge in [-0.15, -0.1) is 0 Å². The summed E-state index contributed by atoms with van der Waals surface area (Å²) in [7, 11) is -4.05. The standard InChI is InChI=1S/C14H15FN2O3S/c15-11-6-7-12(16)14(8-11)21(19,20)17-13(9-18)10-4-2-1-3-5-10/h1-8,13,17-18H,9,16H2. The molecule has 0 amide bonds. The van der Waals surface area contributed by atoms with Crippen LogP contribution in [0.25, 0.3) is 0 Å². The van der Waals surface area contributed by atoms with Crippen LogP contribution in [0.2, 0.25) is 0 Å². The van der Waals surface area contributed by atoms with Crippen LogP contribution in [0, 0.1) is 5.82 Å². The molecule has 2 rings (SSSR count). The number of nitrogens with one attached hydrogen (secondary N) is 1. The van der Waals surface area contributed by atoms with Gasteiger partial charge in [-0.2, -0.15) is 0 Å². The highest BCUT2D eigenvalue weighted by atomic mass is 32.2. The van der Waals surface area contributed by atoms with Crippen molar-refractivity contribution in [2.24, 2.45) is 0 Å². The molecule has 0 aliphatic carbocycles. The minimum atomic E-state index is -4.05. The molecule has 112 valence electrons. The molecule has 0 saturated carbocycles. The smallest absolute Gasteiger partial charge is 0.243 e. The van der Waals surface area contributed by atoms with Crippen molar-refractivity contribution in [2.75, 3.05) is 12.3 Å². The van der Waals surface area contributed by atoms with Crippen LogP contribution in [0.3, 0.4) is 0 Å². The van der Waals surface area contributed by atoms with Crippen LogP contribution < -0.4 is 10.5 Å². The molecule has 0 fully saturated rings. The number of nitrogens with two attached hydrogens (primary N) is 1. The van der Waals surface area contributed by atoms with Crippen molar-refractivity contribution < 1.29 is 17.9 Å². The summed E-state index contributed by atoms with van der Waals surface area (Å²) in [6, 6.07) is 10.9. The summed E-state index contributed by atoms with van der Waals surface area (Å²) in [4.78, 5) is -0.350. The SMILES string of the molecule is Nc1ccc(F)cc1S(=O)(=O)NC(CO)c1ccccc1. The summed E-state index contributed by atoms with van der Waals surface area (Å²) in [5, 5.41) is 9.38. The molecule has 0 aromatic heterocycles. The molecular formula is C14H15FN2O3S. The molecule has 4 N–H and O–H groups in total. The van der Waals surface area contributed by atoms with Gasteiger partial charge in [-0.1, -0.05) is 30.3 Å². The van der Waals surface area contributed by atoms with Gasteiger partial charge in [0.25, 0.3) is 0 Å². The van der Waals surface area contributed by atoms with Crippen molar-refractivity contribution in [1.29, 1.82) is 0 Å². The largest absolute Gasteiger partial charge is 0.398 e. The highest BCUT2D eigenvalue weighted by Gasteiger charge is 2.23. The lowest BCUT2D eigenvalue weighted by molar-refractivity contribution is 0.259. The third-order valence-corrected chi connectivity index (χ3v) is 4.47. The number of hydrogen-bond donors (Lipinski definition) is 3. The predicted octanol–water partition coefficient (Wildman–Crippen LogP) is 1.42. The van der Waals surface area contributed by atoms with E-state index in [-0.39, 0.29) is 10.6 Å². The zero-order valence-electron chi connectivity index (χ0n) is 11.0. The van der Waals surface area contributed by atoms with E-state index in [0.29, 0.717) is 5.56 Å². The van der Waals surface area contributed by atoms with E-state index < -0.39 is 28.5 Å². The second kappa shape index (κ2) is 6.21. The van der Waals surface area contributed by atoms with E-state index in [1.165, 1.54) is 6.07 Å². The minimum Gasteiger partial charge on any atom is -0.398 e. The van der Waals surface area contributed by atoms with Gasteiger partial charge in [0, 0.05) is 0 Å². The summed E-state index contributed by atoms with van der Waals surface area (Å²) in [6.07, 6.45) is 0. The van der Waals surface area contributed by atoms with Crippen LogP contribution in [-0.4, -0.2) is 20.1 Å². The Morgan fingerprint density at radius 3 is 2.48 bits per heavy atom. The summed E-state index contributed by atoms with van der Waals surface area (Å²) >= 11 is 0. The first-order valence-electron chi connectivity index (χ1n) is 6.17. The molecule has 0 bridgehead atoms. The number of anilines is 1. The van der Waals surface area contributed by atoms with Gasteiger partial charge in [0.1, 0.15) is 10.7 Å². The Bertz CT molecular complexity index is 720. The van der Waals surface area contributed by atoms with Crippen molar-refractivity contribution in [3.63, 3.8) is 0 Å². The fraction of sp³-hybridized carbons (Fsp3) is 0.143. The summed E-state index contributed by atoms with van der Waals surface area (Å²) in [6.45, 7) is -0.432. The zero-order chi connectivity index (χ0) is 15.5. The Hall–Kier alpha value is -1.96. The number of rotatable bonds is 5. The molecule has 0 aliphatic heterocycles. The fourth-order valence-corrected chi connectivity index (χ4v) is 3.25. The number of nitrogen functional groups attached to an aromatic ring is 1. The maximum absolute atomic E-state index is 13.2. The third kappa shape index (κ3) is 3.57. The van der Waals surface area contributed by atoms with E-state index in [4.69, 9.17) is 5.73 Å². The van der Waals surface area contributed by atoms with Crippen LogP contribution in [0.1, 0.15) is 11.6 Å². The van der Waals surface area contributed by atoms with Crippen molar-refractivity contribution in [3.05, 3.63) is 59.9 Å². The van der Waals surface area contributed by atoms with Crippen LogP contribution in [0.15, 0.2) is 53.4 Å². The van der Waals surface area contributed by atoms with Crippen molar-refractivity contribution >= 4 is 15.7 Å². The number of aliphatic hydroxyl groups is 1. The van der Waals surface area contributed by atoms with Gasteiger partial charge in [-0.3, -0.25) is 0 Å². The Morgan fingerprint density at radius 1 is 1.19 bits per heavy atom. The van der Waals surface area contributed by atoms with Gasteiger partial charge >= 0.3 is 0 Å². The molecule has 0 heterocycles. The molecule has 5 nitrogen and oxygen atoms in total. The molecule has 7 heteroatoms. The molecule has 0 radical (unpaired) electrons. The van der Waals surface area contributed by atoms with Crippen molar-refractivity contribution in [3.8, 4) is 0 Å². The molecule has 2 aromatic carbocycles. The lowest BCUT2D eigenvalue weighted by Gasteiger charge is -2.17. The van der Waals surface area contributed by atoms with Gasteiger partial charge in [0.15, 0.2) is 0 Å². The first-order chi connectivity index (χ1) is 9.94. The van der Waals surface area contributed by atoms with Crippen LogP contribution in [0.5, 0.6) is 0 Å². The minimum absolute atomic E-state index is 0.0614. The lowest BCUT2D eigenvalue weighted by Crippen LogP contribution is -2.31. The number of sulfonamides is 1. The van der Waals surface area contributed by atoms with E-state index in [0.717, 1.165) is 12.1 Å². The average Bonchev–Trinajstić information content (AvgIpc) is 2.48. The van der Waals surface area contributed by atoms with E-state index in [2.05, 4.69) is 4.72 Å². The zero-order valence-corrected chi connectivity index (χ0v) is 11.8. The maximum Gasteiger partial charge on any atom is 0.243 e. The van der Waals surface area contributed by atoms with Gasteiger partial charge < -0.3 is 10.8 Å². The van der Waals surface area contributed by atoms with E-state index >= 15 is 0 Å². The molecule has 21 heavy (non-hydrogen) atoms. The Balaban J connectivity index is 2.34. The first-order valence-corrected chi connectivity index (χ1v) is 7.65. The normalized spacial score (nSPS) is 13.0. The van der Waals surface area contributed by atoms with Gasteiger partial charge in [-0.05, 0) is 23.8 Å². The summed E-state index contributed by atoms with van der Waals surface area (Å²) in [5.41, 5.74) is 6.12. The van der Waals surface area contributed by atoms with Gasteiger partial charge in [-0.25, -0.2) is 17.5 Å². The topological polar surface area (TPSA) is 92.4 Å². The second-order valence-electron chi connectivity index (χ2n) is 4.45. The second-order valence-corrected chi connectivity index (χ2v) is 6.13. The maximum atomic E-state index is 13.2. The Kier molecular flexibility index (Phi) is 4.56. The van der Waals surface area contributed by atoms with Gasteiger partial charge in [0.2, 0.25) is 10.0 Å². The summed E-state index contributed by atoms with van der Waals surface area (Å²) < 4.78 is 40.1. The Morgan fingerprint density at radius 2 is 1.86 bits per heavy atom. The third-order valence-electron chi connectivity index (χ3n) is 2.95. The molecule has 1 atom stereocenters. The predicted molar refractivity (Wildman–Crippen MR) is 77.4 cm³/mol. The van der Waals surface area contributed by atoms with Crippen LogP contribution in [0.4, 0.5) is 10.1 Å². The van der Waals surface area contributed by atoms with Gasteiger partial charge in [0.05, 0.1) is 18.3 Å². The summed E-state index contributed by atoms with van der Waals surface area (Å²) in [5.74, 6) is -0.704. The molecule has 0 aliphatic rings. The number of aliphatic hydroxyl groups excluding tert-OH is 1. The Labute approximate surface area is 122 Å². The highest BCUT2D eigenvalue weighted by Crippen LogP contribution is 2.22. The van der Waals surface area contributed by atoms with Crippen molar-refractivity contribution in [1.82, 2.24) is 4.72 Å². The number of halogens is 1.